The van der Waals surface area contributed by atoms with Crippen molar-refractivity contribution < 1.29 is 14.6 Å². The Morgan fingerprint density at radius 2 is 1.95 bits per heavy atom. The fraction of sp³-hybridized carbons (Fsp3) is 0.600. The lowest BCUT2D eigenvalue weighted by atomic mass is 9.89. The van der Waals surface area contributed by atoms with E-state index in [1.807, 2.05) is 19.1 Å². The van der Waals surface area contributed by atoms with Crippen molar-refractivity contribution in [3.63, 3.8) is 0 Å². The van der Waals surface area contributed by atoms with Gasteiger partial charge in [-0.1, -0.05) is 11.6 Å². The van der Waals surface area contributed by atoms with Crippen molar-refractivity contribution in [2.75, 3.05) is 44.4 Å². The molecular weight excluding hydrogens is 278 g/mol. The molecule has 0 bridgehead atoms. The Hall–Kier alpha value is -0.810. The van der Waals surface area contributed by atoms with Crippen molar-refractivity contribution in [3.05, 3.63) is 28.3 Å². The van der Waals surface area contributed by atoms with Gasteiger partial charge in [-0.25, -0.2) is 0 Å². The standard InChI is InChI=1S/C15H20ClNO3/c1-11-8-12(16)9-13(15(18)2-5-20-10-15)14(11)17-3-6-19-7-4-17/h8-9,18H,2-7,10H2,1H3. The number of nitrogens with zero attached hydrogens (tertiary/aromatic N) is 1. The molecule has 2 heterocycles. The first-order valence-corrected chi connectivity index (χ1v) is 7.41. The van der Waals surface area contributed by atoms with Crippen LogP contribution in [0.5, 0.6) is 0 Å². The van der Waals surface area contributed by atoms with Crippen LogP contribution in [0.3, 0.4) is 0 Å². The lowest BCUT2D eigenvalue weighted by molar-refractivity contribution is 0.0233. The van der Waals surface area contributed by atoms with Crippen LogP contribution in [0.15, 0.2) is 12.1 Å². The molecule has 110 valence electrons. The van der Waals surface area contributed by atoms with E-state index >= 15 is 0 Å². The van der Waals surface area contributed by atoms with Crippen LogP contribution in [0.2, 0.25) is 5.02 Å². The third-order valence-electron chi connectivity index (χ3n) is 4.09. The maximum absolute atomic E-state index is 10.9. The maximum Gasteiger partial charge on any atom is 0.117 e. The van der Waals surface area contributed by atoms with E-state index in [0.29, 0.717) is 24.7 Å². The van der Waals surface area contributed by atoms with Crippen molar-refractivity contribution in [1.29, 1.82) is 0 Å². The number of aryl methyl sites for hydroxylation is 1. The molecule has 0 spiro atoms. The normalized spacial score (nSPS) is 27.1. The van der Waals surface area contributed by atoms with Crippen molar-refractivity contribution >= 4 is 17.3 Å². The Labute approximate surface area is 124 Å². The molecule has 1 N–H and O–H groups in total. The molecule has 0 aliphatic carbocycles. The van der Waals surface area contributed by atoms with E-state index in [4.69, 9.17) is 21.1 Å². The number of ether oxygens (including phenoxy) is 2. The van der Waals surface area contributed by atoms with E-state index in [1.54, 1.807) is 0 Å². The summed E-state index contributed by atoms with van der Waals surface area (Å²) in [6.45, 7) is 6.08. The molecule has 2 aliphatic heterocycles. The van der Waals surface area contributed by atoms with E-state index < -0.39 is 5.60 Å². The molecule has 5 heteroatoms. The Kier molecular flexibility index (Phi) is 3.91. The van der Waals surface area contributed by atoms with Gasteiger partial charge in [-0.3, -0.25) is 0 Å². The third-order valence-corrected chi connectivity index (χ3v) is 4.31. The molecule has 0 saturated carbocycles. The minimum absolute atomic E-state index is 0.337. The quantitative estimate of drug-likeness (QED) is 0.908. The van der Waals surface area contributed by atoms with E-state index in [1.165, 1.54) is 0 Å². The van der Waals surface area contributed by atoms with Gasteiger partial charge in [0.15, 0.2) is 0 Å². The second-order valence-electron chi connectivity index (χ2n) is 5.55. The number of halogens is 1. The molecular formula is C15H20ClNO3. The van der Waals surface area contributed by atoms with Crippen LogP contribution in [0.25, 0.3) is 0 Å². The largest absolute Gasteiger partial charge is 0.383 e. The monoisotopic (exact) mass is 297 g/mol. The molecule has 20 heavy (non-hydrogen) atoms. The van der Waals surface area contributed by atoms with E-state index in [2.05, 4.69) is 4.90 Å². The Bertz CT molecular complexity index is 494. The van der Waals surface area contributed by atoms with Gasteiger partial charge in [0.1, 0.15) is 5.60 Å². The predicted molar refractivity (Wildman–Crippen MR) is 78.6 cm³/mol. The Morgan fingerprint density at radius 3 is 2.60 bits per heavy atom. The number of morpholine rings is 1. The van der Waals surface area contributed by atoms with Crippen molar-refractivity contribution in [3.8, 4) is 0 Å². The first kappa shape index (κ1) is 14.1. The number of rotatable bonds is 2. The molecule has 4 nitrogen and oxygen atoms in total. The SMILES string of the molecule is Cc1cc(Cl)cc(C2(O)CCOC2)c1N1CCOCC1. The molecule has 0 amide bonds. The predicted octanol–water partition coefficient (Wildman–Crippen LogP) is 2.09. The van der Waals surface area contributed by atoms with Crippen LogP contribution in [0.1, 0.15) is 17.5 Å². The second-order valence-corrected chi connectivity index (χ2v) is 5.99. The van der Waals surface area contributed by atoms with E-state index in [-0.39, 0.29) is 0 Å². The molecule has 1 atom stereocenters. The van der Waals surface area contributed by atoms with Gasteiger partial charge in [0, 0.05) is 42.4 Å². The van der Waals surface area contributed by atoms with E-state index in [0.717, 1.165) is 43.1 Å². The summed E-state index contributed by atoms with van der Waals surface area (Å²) in [5.41, 5.74) is 2.14. The fourth-order valence-electron chi connectivity index (χ4n) is 3.06. The third kappa shape index (κ3) is 2.53. The van der Waals surface area contributed by atoms with E-state index in [9.17, 15) is 5.11 Å². The number of hydrogen-bond donors (Lipinski definition) is 1. The smallest absolute Gasteiger partial charge is 0.117 e. The molecule has 1 unspecified atom stereocenters. The van der Waals surface area contributed by atoms with Gasteiger partial charge in [-0.05, 0) is 24.6 Å². The van der Waals surface area contributed by atoms with Crippen LogP contribution < -0.4 is 4.90 Å². The number of aliphatic hydroxyl groups is 1. The molecule has 1 aromatic carbocycles. The summed E-state index contributed by atoms with van der Waals surface area (Å²) in [4.78, 5) is 2.28. The van der Waals surface area contributed by atoms with Gasteiger partial charge in [-0.15, -0.1) is 0 Å². The van der Waals surface area contributed by atoms with Crippen LogP contribution in [-0.4, -0.2) is 44.6 Å². The second kappa shape index (κ2) is 5.53. The summed E-state index contributed by atoms with van der Waals surface area (Å²) in [6, 6.07) is 3.84. The number of benzene rings is 1. The molecule has 2 aliphatic rings. The summed E-state index contributed by atoms with van der Waals surface area (Å²) in [6.07, 6.45) is 0.615. The van der Waals surface area contributed by atoms with Gasteiger partial charge in [0.25, 0.3) is 0 Å². The molecule has 0 aromatic heterocycles. The van der Waals surface area contributed by atoms with Crippen molar-refractivity contribution in [2.45, 2.75) is 18.9 Å². The molecule has 2 saturated heterocycles. The van der Waals surface area contributed by atoms with Crippen molar-refractivity contribution in [1.82, 2.24) is 0 Å². The maximum atomic E-state index is 10.9. The summed E-state index contributed by atoms with van der Waals surface area (Å²) >= 11 is 6.21. The summed E-state index contributed by atoms with van der Waals surface area (Å²) in [5.74, 6) is 0. The zero-order valence-electron chi connectivity index (χ0n) is 11.7. The number of anilines is 1. The van der Waals surface area contributed by atoms with Gasteiger partial charge < -0.3 is 19.5 Å². The van der Waals surface area contributed by atoms with Crippen LogP contribution in [0.4, 0.5) is 5.69 Å². The highest BCUT2D eigenvalue weighted by molar-refractivity contribution is 6.30. The fourth-order valence-corrected chi connectivity index (χ4v) is 3.34. The zero-order chi connectivity index (χ0) is 14.2. The van der Waals surface area contributed by atoms with Crippen LogP contribution in [-0.2, 0) is 15.1 Å². The number of hydrogen-bond acceptors (Lipinski definition) is 4. The highest BCUT2D eigenvalue weighted by atomic mass is 35.5. The zero-order valence-corrected chi connectivity index (χ0v) is 12.4. The Balaban J connectivity index is 2.06. The highest BCUT2D eigenvalue weighted by Gasteiger charge is 2.38. The molecule has 3 rings (SSSR count). The van der Waals surface area contributed by atoms with Crippen molar-refractivity contribution in [2.24, 2.45) is 0 Å². The van der Waals surface area contributed by atoms with Gasteiger partial charge >= 0.3 is 0 Å². The minimum atomic E-state index is -0.927. The lowest BCUT2D eigenvalue weighted by Gasteiger charge is -2.35. The summed E-state index contributed by atoms with van der Waals surface area (Å²) in [5, 5.41) is 11.5. The van der Waals surface area contributed by atoms with Gasteiger partial charge in [-0.2, -0.15) is 0 Å². The highest BCUT2D eigenvalue weighted by Crippen LogP contribution is 2.40. The summed E-state index contributed by atoms with van der Waals surface area (Å²) in [7, 11) is 0. The molecule has 1 aromatic rings. The minimum Gasteiger partial charge on any atom is -0.383 e. The summed E-state index contributed by atoms with van der Waals surface area (Å²) < 4.78 is 10.8. The average molecular weight is 298 g/mol. The first-order chi connectivity index (χ1) is 9.60. The Morgan fingerprint density at radius 1 is 1.20 bits per heavy atom. The van der Waals surface area contributed by atoms with Gasteiger partial charge in [0.2, 0.25) is 0 Å². The first-order valence-electron chi connectivity index (χ1n) is 7.04. The van der Waals surface area contributed by atoms with Crippen LogP contribution >= 0.6 is 11.6 Å². The molecule has 0 radical (unpaired) electrons. The average Bonchev–Trinajstić information content (AvgIpc) is 2.87. The van der Waals surface area contributed by atoms with Gasteiger partial charge in [0.05, 0.1) is 19.8 Å². The topological polar surface area (TPSA) is 41.9 Å². The lowest BCUT2D eigenvalue weighted by Crippen LogP contribution is -2.39. The molecule has 2 fully saturated rings. The van der Waals surface area contributed by atoms with Crippen LogP contribution in [0, 0.1) is 6.92 Å².